The van der Waals surface area contributed by atoms with Crippen LogP contribution in [-0.4, -0.2) is 57.6 Å². The van der Waals surface area contributed by atoms with Crippen LogP contribution in [0.3, 0.4) is 0 Å². The number of carbonyl (C=O) groups excluding carboxylic acids is 2. The number of rotatable bonds is 11. The number of hydrogen-bond donors (Lipinski definition) is 1. The van der Waals surface area contributed by atoms with Gasteiger partial charge in [0, 0.05) is 13.1 Å². The molecule has 0 saturated heterocycles. The first-order chi connectivity index (χ1) is 15.6. The Labute approximate surface area is 194 Å². The van der Waals surface area contributed by atoms with Crippen LogP contribution in [0.25, 0.3) is 0 Å². The van der Waals surface area contributed by atoms with E-state index in [1.165, 1.54) is 17.0 Å². The molecule has 0 aliphatic rings. The maximum Gasteiger partial charge on any atom is 0.244 e. The van der Waals surface area contributed by atoms with Gasteiger partial charge in [0.1, 0.15) is 24.2 Å². The van der Waals surface area contributed by atoms with E-state index in [4.69, 9.17) is 4.74 Å². The fourth-order valence-corrected chi connectivity index (χ4v) is 4.21. The molecular weight excluding hydrogens is 449 g/mol. The molecule has 1 N–H and O–H groups in total. The van der Waals surface area contributed by atoms with Crippen LogP contribution in [0, 0.1) is 5.82 Å². The normalized spacial score (nSPS) is 12.0. The summed E-state index contributed by atoms with van der Waals surface area (Å²) in [5.74, 6) is -0.762. The highest BCUT2D eigenvalue weighted by molar-refractivity contribution is 7.92. The number of amides is 2. The van der Waals surface area contributed by atoms with Crippen molar-refractivity contribution in [2.24, 2.45) is 0 Å². The van der Waals surface area contributed by atoms with Crippen molar-refractivity contribution >= 4 is 27.5 Å². The van der Waals surface area contributed by atoms with Gasteiger partial charge in [-0.05, 0) is 55.3 Å². The van der Waals surface area contributed by atoms with E-state index in [0.717, 1.165) is 28.3 Å². The third kappa shape index (κ3) is 7.18. The second kappa shape index (κ2) is 11.6. The van der Waals surface area contributed by atoms with Gasteiger partial charge in [0.05, 0.1) is 19.1 Å². The summed E-state index contributed by atoms with van der Waals surface area (Å²) >= 11 is 0. The lowest BCUT2D eigenvalue weighted by Crippen LogP contribution is -2.52. The Morgan fingerprint density at radius 2 is 1.67 bits per heavy atom. The van der Waals surface area contributed by atoms with E-state index in [1.54, 1.807) is 45.2 Å². The van der Waals surface area contributed by atoms with E-state index in [-0.39, 0.29) is 18.1 Å². The maximum atomic E-state index is 13.4. The number of sulfonamides is 1. The molecule has 33 heavy (non-hydrogen) atoms. The Morgan fingerprint density at radius 3 is 2.15 bits per heavy atom. The van der Waals surface area contributed by atoms with Crippen molar-refractivity contribution < 1.29 is 27.1 Å². The molecule has 0 saturated carbocycles. The van der Waals surface area contributed by atoms with Gasteiger partial charge in [-0.15, -0.1) is 0 Å². The van der Waals surface area contributed by atoms with Crippen LogP contribution in [-0.2, 0) is 26.2 Å². The molecule has 0 spiro atoms. The van der Waals surface area contributed by atoms with E-state index in [0.29, 0.717) is 18.7 Å². The first-order valence-electron chi connectivity index (χ1n) is 10.5. The summed E-state index contributed by atoms with van der Waals surface area (Å²) in [5, 5.41) is 2.73. The molecule has 8 nitrogen and oxygen atoms in total. The molecule has 2 aromatic carbocycles. The first-order valence-corrected chi connectivity index (χ1v) is 12.4. The van der Waals surface area contributed by atoms with Crippen LogP contribution in [0.1, 0.15) is 25.8 Å². The summed E-state index contributed by atoms with van der Waals surface area (Å²) < 4.78 is 44.3. The van der Waals surface area contributed by atoms with E-state index < -0.39 is 34.3 Å². The lowest BCUT2D eigenvalue weighted by Gasteiger charge is -2.32. The van der Waals surface area contributed by atoms with Crippen molar-refractivity contribution in [2.45, 2.75) is 32.9 Å². The number of anilines is 1. The number of methoxy groups -OCH3 is 1. The standard InChI is InChI=1S/C23H30FN3O5S/c1-5-21(23(29)25-6-2)26(15-17-7-13-20(32-3)14-8-17)22(28)16-27(33(4,30)31)19-11-9-18(24)10-12-19/h7-14,21H,5-6,15-16H2,1-4H3,(H,25,29)/t21-/m0/s1. The van der Waals surface area contributed by atoms with Crippen LogP contribution in [0.15, 0.2) is 48.5 Å². The van der Waals surface area contributed by atoms with Crippen LogP contribution in [0.2, 0.25) is 0 Å². The van der Waals surface area contributed by atoms with Gasteiger partial charge in [-0.1, -0.05) is 19.1 Å². The highest BCUT2D eigenvalue weighted by Crippen LogP contribution is 2.21. The zero-order valence-corrected chi connectivity index (χ0v) is 20.1. The predicted octanol–water partition coefficient (Wildman–Crippen LogP) is 2.54. The Hall–Kier alpha value is -3.14. The molecule has 0 bridgehead atoms. The minimum atomic E-state index is -3.86. The topological polar surface area (TPSA) is 96.0 Å². The lowest BCUT2D eigenvalue weighted by molar-refractivity contribution is -0.140. The van der Waals surface area contributed by atoms with Crippen molar-refractivity contribution in [2.75, 3.05) is 30.8 Å². The van der Waals surface area contributed by atoms with E-state index >= 15 is 0 Å². The number of nitrogens with zero attached hydrogens (tertiary/aromatic N) is 2. The molecular formula is C23H30FN3O5S. The van der Waals surface area contributed by atoms with Crippen molar-refractivity contribution in [3.63, 3.8) is 0 Å². The number of halogens is 1. The summed E-state index contributed by atoms with van der Waals surface area (Å²) in [6, 6.07) is 11.1. The van der Waals surface area contributed by atoms with Crippen molar-refractivity contribution in [1.82, 2.24) is 10.2 Å². The quantitative estimate of drug-likeness (QED) is 0.534. The van der Waals surface area contributed by atoms with Gasteiger partial charge in [-0.3, -0.25) is 13.9 Å². The first kappa shape index (κ1) is 26.1. The summed E-state index contributed by atoms with van der Waals surface area (Å²) in [6.45, 7) is 3.52. The van der Waals surface area contributed by atoms with Gasteiger partial charge in [0.25, 0.3) is 0 Å². The number of hydrogen-bond acceptors (Lipinski definition) is 5. The molecule has 0 aromatic heterocycles. The molecule has 2 aromatic rings. The largest absolute Gasteiger partial charge is 0.497 e. The molecule has 0 radical (unpaired) electrons. The number of nitrogens with one attached hydrogen (secondary N) is 1. The third-order valence-electron chi connectivity index (χ3n) is 5.04. The van der Waals surface area contributed by atoms with E-state index in [9.17, 15) is 22.4 Å². The Balaban J connectivity index is 2.40. The predicted molar refractivity (Wildman–Crippen MR) is 125 cm³/mol. The Morgan fingerprint density at radius 1 is 1.06 bits per heavy atom. The van der Waals surface area contributed by atoms with Crippen molar-refractivity contribution in [3.05, 3.63) is 59.9 Å². The van der Waals surface area contributed by atoms with Crippen LogP contribution < -0.4 is 14.4 Å². The van der Waals surface area contributed by atoms with Gasteiger partial charge in [0.2, 0.25) is 21.8 Å². The minimum absolute atomic E-state index is 0.0967. The van der Waals surface area contributed by atoms with Gasteiger partial charge in [0.15, 0.2) is 0 Å². The number of carbonyl (C=O) groups is 2. The van der Waals surface area contributed by atoms with Crippen molar-refractivity contribution in [3.8, 4) is 5.75 Å². The van der Waals surface area contributed by atoms with Gasteiger partial charge >= 0.3 is 0 Å². The molecule has 1 atom stereocenters. The second-order valence-corrected chi connectivity index (χ2v) is 9.34. The van der Waals surface area contributed by atoms with Gasteiger partial charge in [-0.2, -0.15) is 0 Å². The van der Waals surface area contributed by atoms with Gasteiger partial charge in [-0.25, -0.2) is 12.8 Å². The zero-order chi connectivity index (χ0) is 24.6. The zero-order valence-electron chi connectivity index (χ0n) is 19.2. The molecule has 2 rings (SSSR count). The summed E-state index contributed by atoms with van der Waals surface area (Å²) in [6.07, 6.45) is 1.31. The number of ether oxygens (including phenoxy) is 1. The fourth-order valence-electron chi connectivity index (χ4n) is 3.36. The molecule has 0 heterocycles. The van der Waals surface area contributed by atoms with E-state index in [1.807, 2.05) is 0 Å². The molecule has 180 valence electrons. The molecule has 0 fully saturated rings. The smallest absolute Gasteiger partial charge is 0.244 e. The maximum absolute atomic E-state index is 13.4. The SMILES string of the molecule is CCNC(=O)[C@H](CC)N(Cc1ccc(OC)cc1)C(=O)CN(c1ccc(F)cc1)S(C)(=O)=O. The molecule has 2 amide bonds. The Bertz CT molecular complexity index is 1040. The molecule has 0 aliphatic carbocycles. The Kier molecular flexibility index (Phi) is 9.22. The number of likely N-dealkylation sites (N-methyl/N-ethyl adjacent to an activating group) is 1. The van der Waals surface area contributed by atoms with E-state index in [2.05, 4.69) is 5.32 Å². The second-order valence-electron chi connectivity index (χ2n) is 7.43. The fraction of sp³-hybridized carbons (Fsp3) is 0.391. The number of benzene rings is 2. The average Bonchev–Trinajstić information content (AvgIpc) is 2.77. The monoisotopic (exact) mass is 479 g/mol. The van der Waals surface area contributed by atoms with Crippen LogP contribution in [0.4, 0.5) is 10.1 Å². The molecule has 0 unspecified atom stereocenters. The average molecular weight is 480 g/mol. The molecule has 0 aliphatic heterocycles. The van der Waals surface area contributed by atoms with Crippen LogP contribution >= 0.6 is 0 Å². The van der Waals surface area contributed by atoms with Crippen LogP contribution in [0.5, 0.6) is 5.75 Å². The van der Waals surface area contributed by atoms with Crippen molar-refractivity contribution in [1.29, 1.82) is 0 Å². The van der Waals surface area contributed by atoms with Gasteiger partial charge < -0.3 is 15.0 Å². The highest BCUT2D eigenvalue weighted by Gasteiger charge is 2.31. The third-order valence-corrected chi connectivity index (χ3v) is 6.18. The summed E-state index contributed by atoms with van der Waals surface area (Å²) in [7, 11) is -2.31. The summed E-state index contributed by atoms with van der Waals surface area (Å²) in [5.41, 5.74) is 0.905. The lowest BCUT2D eigenvalue weighted by atomic mass is 10.1. The highest BCUT2D eigenvalue weighted by atomic mass is 32.2. The summed E-state index contributed by atoms with van der Waals surface area (Å²) in [4.78, 5) is 27.5. The minimum Gasteiger partial charge on any atom is -0.497 e. The molecule has 10 heteroatoms.